The fraction of sp³-hybridized carbons (Fsp3) is 0.542. The van der Waals surface area contributed by atoms with Crippen LogP contribution in [0.15, 0.2) is 30.7 Å². The molecule has 9 heteroatoms. The Morgan fingerprint density at radius 1 is 1.30 bits per heavy atom. The number of fused-ring (bicyclic) bond motifs is 1. The summed E-state index contributed by atoms with van der Waals surface area (Å²) in [6.07, 6.45) is 4.29. The number of H-pyrrole nitrogens is 1. The van der Waals surface area contributed by atoms with Gasteiger partial charge in [0, 0.05) is 44.6 Å². The lowest BCUT2D eigenvalue weighted by Crippen LogP contribution is -2.37. The molecular formula is C24H37N5O3Si. The van der Waals surface area contributed by atoms with Crippen LogP contribution < -0.4 is 5.32 Å². The van der Waals surface area contributed by atoms with E-state index < -0.39 is 20.2 Å². The number of imidazole rings is 1. The summed E-state index contributed by atoms with van der Waals surface area (Å²) in [5.74, 6) is 0.445. The quantitative estimate of drug-likeness (QED) is 0.281. The van der Waals surface area contributed by atoms with Crippen LogP contribution in [0.3, 0.4) is 0 Å². The highest BCUT2D eigenvalue weighted by Crippen LogP contribution is 2.44. The standard InChI is InChI=1S/C24H37N5O3Si/c1-16-12-17(13-18-14-29(28-20(16)18)15-32-10-11-33(5,6)7)19(24(2,3)4)21(27-23(30)31)22-25-8-9-26-22/h8-9,12-14,19,21,27H,10-11,15H2,1-7H3,(H,25,26)(H,30,31). The van der Waals surface area contributed by atoms with E-state index in [4.69, 9.17) is 9.84 Å². The molecule has 0 bridgehead atoms. The minimum atomic E-state index is -1.13. The summed E-state index contributed by atoms with van der Waals surface area (Å²) < 4.78 is 7.72. The second-order valence-corrected chi connectivity index (χ2v) is 16.7. The van der Waals surface area contributed by atoms with Crippen LogP contribution in [0.1, 0.15) is 49.7 Å². The second-order valence-electron chi connectivity index (χ2n) is 11.0. The smallest absolute Gasteiger partial charge is 0.405 e. The third-order valence-electron chi connectivity index (χ3n) is 5.81. The van der Waals surface area contributed by atoms with E-state index in [1.807, 2.05) is 17.8 Å². The molecule has 3 aromatic rings. The molecule has 2 heterocycles. The molecule has 180 valence electrons. The van der Waals surface area contributed by atoms with Crippen LogP contribution in [-0.4, -0.2) is 45.6 Å². The van der Waals surface area contributed by atoms with Gasteiger partial charge in [0.2, 0.25) is 0 Å². The second kappa shape index (κ2) is 9.68. The van der Waals surface area contributed by atoms with Crippen molar-refractivity contribution < 1.29 is 14.6 Å². The van der Waals surface area contributed by atoms with Crippen LogP contribution in [0.5, 0.6) is 0 Å². The lowest BCUT2D eigenvalue weighted by molar-refractivity contribution is 0.0791. The van der Waals surface area contributed by atoms with Crippen molar-refractivity contribution >= 4 is 25.1 Å². The molecule has 0 saturated carbocycles. The number of hydrogen-bond acceptors (Lipinski definition) is 4. The largest absolute Gasteiger partial charge is 0.465 e. The monoisotopic (exact) mass is 471 g/mol. The van der Waals surface area contributed by atoms with Crippen LogP contribution in [0, 0.1) is 12.3 Å². The minimum Gasteiger partial charge on any atom is -0.465 e. The summed E-state index contributed by atoms with van der Waals surface area (Å²) in [4.78, 5) is 19.1. The molecule has 2 atom stereocenters. The van der Waals surface area contributed by atoms with Gasteiger partial charge in [0.25, 0.3) is 0 Å². The van der Waals surface area contributed by atoms with E-state index >= 15 is 0 Å². The Balaban J connectivity index is 1.94. The number of rotatable bonds is 9. The molecular weight excluding hydrogens is 434 g/mol. The maximum Gasteiger partial charge on any atom is 0.405 e. The van der Waals surface area contributed by atoms with Crippen LogP contribution in [0.4, 0.5) is 4.79 Å². The third-order valence-corrected chi connectivity index (χ3v) is 7.51. The number of hydrogen-bond donors (Lipinski definition) is 3. The number of aromatic amines is 1. The Labute approximate surface area is 196 Å². The molecule has 0 aliphatic rings. The zero-order valence-electron chi connectivity index (χ0n) is 20.8. The van der Waals surface area contributed by atoms with Crippen LogP contribution in [0.2, 0.25) is 25.7 Å². The Hall–Kier alpha value is -2.65. The first-order valence-corrected chi connectivity index (χ1v) is 15.1. The molecule has 0 aliphatic carbocycles. The predicted octanol–water partition coefficient (Wildman–Crippen LogP) is 5.52. The van der Waals surface area contributed by atoms with Gasteiger partial charge in [-0.2, -0.15) is 5.10 Å². The molecule has 0 saturated heterocycles. The van der Waals surface area contributed by atoms with E-state index in [0.29, 0.717) is 12.6 Å². The summed E-state index contributed by atoms with van der Waals surface area (Å²) >= 11 is 0. The molecule has 1 amide bonds. The summed E-state index contributed by atoms with van der Waals surface area (Å²) in [6.45, 7) is 16.6. The summed E-state index contributed by atoms with van der Waals surface area (Å²) in [6, 6.07) is 4.83. The maximum atomic E-state index is 11.7. The number of aryl methyl sites for hydroxylation is 1. The molecule has 3 N–H and O–H groups in total. The highest BCUT2D eigenvalue weighted by atomic mass is 28.3. The number of carboxylic acid groups (broad SMARTS) is 1. The molecule has 0 aliphatic heterocycles. The van der Waals surface area contributed by atoms with Crippen LogP contribution in [0.25, 0.3) is 10.9 Å². The van der Waals surface area contributed by atoms with E-state index in [0.717, 1.165) is 34.7 Å². The highest BCUT2D eigenvalue weighted by molar-refractivity contribution is 6.76. The lowest BCUT2D eigenvalue weighted by Gasteiger charge is -2.36. The van der Waals surface area contributed by atoms with Gasteiger partial charge in [-0.1, -0.05) is 46.5 Å². The van der Waals surface area contributed by atoms with Crippen molar-refractivity contribution in [3.63, 3.8) is 0 Å². The maximum absolute atomic E-state index is 11.7. The lowest BCUT2D eigenvalue weighted by atomic mass is 9.71. The van der Waals surface area contributed by atoms with Gasteiger partial charge in [0.1, 0.15) is 12.6 Å². The van der Waals surface area contributed by atoms with Crippen molar-refractivity contribution in [2.45, 2.75) is 72.1 Å². The van der Waals surface area contributed by atoms with Gasteiger partial charge < -0.3 is 20.1 Å². The first-order valence-electron chi connectivity index (χ1n) is 11.4. The number of nitrogens with one attached hydrogen (secondary N) is 2. The Kier molecular flexibility index (Phi) is 7.33. The molecule has 0 radical (unpaired) electrons. The van der Waals surface area contributed by atoms with E-state index in [1.165, 1.54) is 0 Å². The van der Waals surface area contributed by atoms with E-state index in [1.54, 1.807) is 12.4 Å². The zero-order chi connectivity index (χ0) is 24.4. The molecule has 2 unspecified atom stereocenters. The molecule has 2 aromatic heterocycles. The van der Waals surface area contributed by atoms with Crippen molar-refractivity contribution in [2.75, 3.05) is 6.61 Å². The number of amides is 1. The van der Waals surface area contributed by atoms with Crippen molar-refractivity contribution in [1.29, 1.82) is 0 Å². The summed E-state index contributed by atoms with van der Waals surface area (Å²) in [5, 5.41) is 18.0. The van der Waals surface area contributed by atoms with Gasteiger partial charge in [0.05, 0.1) is 11.6 Å². The van der Waals surface area contributed by atoms with Crippen molar-refractivity contribution in [3.8, 4) is 0 Å². The number of carbonyl (C=O) groups is 1. The van der Waals surface area contributed by atoms with E-state index in [2.05, 4.69) is 67.8 Å². The van der Waals surface area contributed by atoms with Gasteiger partial charge in [-0.3, -0.25) is 0 Å². The van der Waals surface area contributed by atoms with E-state index in [9.17, 15) is 9.90 Å². The van der Waals surface area contributed by atoms with Gasteiger partial charge in [-0.25, -0.2) is 14.5 Å². The van der Waals surface area contributed by atoms with Gasteiger partial charge in [-0.15, -0.1) is 0 Å². The Morgan fingerprint density at radius 3 is 2.61 bits per heavy atom. The molecule has 33 heavy (non-hydrogen) atoms. The fourth-order valence-electron chi connectivity index (χ4n) is 4.25. The third kappa shape index (κ3) is 6.45. The zero-order valence-corrected chi connectivity index (χ0v) is 21.8. The Morgan fingerprint density at radius 2 is 2.03 bits per heavy atom. The van der Waals surface area contributed by atoms with Crippen molar-refractivity contribution in [1.82, 2.24) is 25.1 Å². The number of benzene rings is 1. The molecule has 0 fully saturated rings. The summed E-state index contributed by atoms with van der Waals surface area (Å²) in [7, 11) is -1.13. The van der Waals surface area contributed by atoms with Crippen molar-refractivity contribution in [3.05, 3.63) is 47.7 Å². The topological polar surface area (TPSA) is 105 Å². The predicted molar refractivity (Wildman–Crippen MR) is 133 cm³/mol. The normalized spacial score (nSPS) is 14.4. The molecule has 8 nitrogen and oxygen atoms in total. The highest BCUT2D eigenvalue weighted by Gasteiger charge is 2.37. The summed E-state index contributed by atoms with van der Waals surface area (Å²) in [5.41, 5.74) is 2.78. The number of aromatic nitrogens is 4. The molecule has 3 rings (SSSR count). The van der Waals surface area contributed by atoms with Gasteiger partial charge in [-0.05, 0) is 35.6 Å². The van der Waals surface area contributed by atoms with Gasteiger partial charge in [0.15, 0.2) is 0 Å². The Bertz CT molecular complexity index is 1080. The first kappa shape index (κ1) is 25.0. The van der Waals surface area contributed by atoms with Gasteiger partial charge >= 0.3 is 6.09 Å². The minimum absolute atomic E-state index is 0.154. The number of nitrogens with zero attached hydrogens (tertiary/aromatic N) is 3. The van der Waals surface area contributed by atoms with Crippen LogP contribution >= 0.6 is 0 Å². The molecule has 1 aromatic carbocycles. The first-order chi connectivity index (χ1) is 15.3. The average Bonchev–Trinajstić information content (AvgIpc) is 3.32. The fourth-order valence-corrected chi connectivity index (χ4v) is 5.01. The van der Waals surface area contributed by atoms with Crippen molar-refractivity contribution in [2.24, 2.45) is 5.41 Å². The SMILES string of the molecule is Cc1cc(C(C(NC(=O)O)c2ncc[nH]2)C(C)(C)C)cc2cn(COCC[Si](C)(C)C)nc12. The average molecular weight is 472 g/mol. The van der Waals surface area contributed by atoms with E-state index in [-0.39, 0.29) is 11.3 Å². The molecule has 0 spiro atoms. The number of ether oxygens (including phenoxy) is 1. The van der Waals surface area contributed by atoms with Crippen LogP contribution in [-0.2, 0) is 11.5 Å².